The van der Waals surface area contributed by atoms with E-state index in [9.17, 15) is 19.5 Å². The lowest BCUT2D eigenvalue weighted by Gasteiger charge is -2.38. The number of rotatable bonds is 8. The fraction of sp³-hybridized carbons (Fsp3) is 0.480. The third-order valence-corrected chi connectivity index (χ3v) is 6.16. The van der Waals surface area contributed by atoms with Crippen LogP contribution in [0.4, 0.5) is 0 Å². The van der Waals surface area contributed by atoms with Crippen LogP contribution in [0.3, 0.4) is 0 Å². The maximum absolute atomic E-state index is 13.7. The van der Waals surface area contributed by atoms with E-state index in [0.717, 1.165) is 0 Å². The van der Waals surface area contributed by atoms with Gasteiger partial charge in [-0.3, -0.25) is 9.59 Å². The Hall–Kier alpha value is -3.33. The third-order valence-electron chi connectivity index (χ3n) is 6.16. The number of Topliss-reactive ketones (excluding diaryl/α,β-unsaturated/α-hetero) is 1. The second kappa shape index (κ2) is 10.7. The fourth-order valence-electron chi connectivity index (χ4n) is 4.59. The number of aromatic hydroxyl groups is 1. The predicted octanol–water partition coefficient (Wildman–Crippen LogP) is 2.59. The molecule has 0 amide bonds. The van der Waals surface area contributed by atoms with E-state index in [1.54, 1.807) is 19.1 Å². The molecule has 2 N–H and O–H groups in total. The fourth-order valence-corrected chi connectivity index (χ4v) is 4.59. The Morgan fingerprint density at radius 3 is 2.56 bits per heavy atom. The number of carbonyl (C=O) groups is 3. The van der Waals surface area contributed by atoms with Crippen LogP contribution in [0.5, 0.6) is 11.5 Å². The first-order valence-corrected chi connectivity index (χ1v) is 11.2. The third kappa shape index (κ3) is 4.79. The molecule has 0 saturated carbocycles. The molecule has 3 rings (SSSR count). The molecule has 0 bridgehead atoms. The predicted molar refractivity (Wildman–Crippen MR) is 122 cm³/mol. The normalized spacial score (nSPS) is 22.1. The Bertz CT molecular complexity index is 1040. The molecule has 1 aliphatic carbocycles. The summed E-state index contributed by atoms with van der Waals surface area (Å²) in [5.41, 5.74) is 2.19. The highest BCUT2D eigenvalue weighted by Gasteiger charge is 2.47. The number of hydrogen-bond donors (Lipinski definition) is 2. The molecular weight excluding hydrogens is 442 g/mol. The van der Waals surface area contributed by atoms with Crippen LogP contribution in [0.1, 0.15) is 38.7 Å². The molecular formula is C25H31NO8. The highest BCUT2D eigenvalue weighted by molar-refractivity contribution is 6.12. The van der Waals surface area contributed by atoms with Crippen LogP contribution in [0, 0.1) is 11.8 Å². The summed E-state index contributed by atoms with van der Waals surface area (Å²) in [5.74, 6) is -3.66. The van der Waals surface area contributed by atoms with E-state index in [1.807, 2.05) is 13.8 Å². The van der Waals surface area contributed by atoms with E-state index >= 15 is 0 Å². The second-order valence-electron chi connectivity index (χ2n) is 8.30. The van der Waals surface area contributed by atoms with Crippen LogP contribution in [0.2, 0.25) is 0 Å². The van der Waals surface area contributed by atoms with E-state index in [4.69, 9.17) is 18.9 Å². The second-order valence-corrected chi connectivity index (χ2v) is 8.30. The van der Waals surface area contributed by atoms with Gasteiger partial charge >= 0.3 is 11.9 Å². The van der Waals surface area contributed by atoms with Crippen LogP contribution < -0.4 is 10.1 Å². The SMILES string of the molecule is CCOCCOC(=O)C1=C(C)NC2=C(C(=O)[C@@H](C(=O)OC)[C@H](C)C2)[C@H]1c1ccc(OC)c(O)c1. The Morgan fingerprint density at radius 1 is 1.21 bits per heavy atom. The summed E-state index contributed by atoms with van der Waals surface area (Å²) < 4.78 is 20.7. The summed E-state index contributed by atoms with van der Waals surface area (Å²) in [6, 6.07) is 4.70. The number of ketones is 1. The zero-order valence-electron chi connectivity index (χ0n) is 20.1. The number of phenolic OH excluding ortho intramolecular Hbond substituents is 1. The largest absolute Gasteiger partial charge is 0.504 e. The van der Waals surface area contributed by atoms with Gasteiger partial charge in [-0.25, -0.2) is 4.79 Å². The molecule has 3 atom stereocenters. The first kappa shape index (κ1) is 25.3. The highest BCUT2D eigenvalue weighted by Crippen LogP contribution is 2.46. The number of allylic oxidation sites excluding steroid dienone is 3. The Labute approximate surface area is 198 Å². The molecule has 34 heavy (non-hydrogen) atoms. The summed E-state index contributed by atoms with van der Waals surface area (Å²) in [7, 11) is 2.67. The number of dihydropyridines is 1. The number of esters is 2. The minimum absolute atomic E-state index is 0.0473. The number of ether oxygens (including phenoxy) is 4. The topological polar surface area (TPSA) is 120 Å². The van der Waals surface area contributed by atoms with Gasteiger partial charge in [0.2, 0.25) is 0 Å². The van der Waals surface area contributed by atoms with Crippen molar-refractivity contribution in [2.75, 3.05) is 34.0 Å². The monoisotopic (exact) mass is 473 g/mol. The quantitative estimate of drug-likeness (QED) is 0.333. The van der Waals surface area contributed by atoms with Crippen molar-refractivity contribution in [2.45, 2.75) is 33.1 Å². The zero-order valence-corrected chi connectivity index (χ0v) is 20.1. The molecule has 1 heterocycles. The number of phenols is 1. The summed E-state index contributed by atoms with van der Waals surface area (Å²) in [4.78, 5) is 39.3. The molecule has 9 heteroatoms. The van der Waals surface area contributed by atoms with Crippen molar-refractivity contribution in [3.63, 3.8) is 0 Å². The molecule has 1 aromatic rings. The number of carbonyl (C=O) groups excluding carboxylic acids is 3. The molecule has 0 aromatic heterocycles. The zero-order chi connectivity index (χ0) is 25.0. The van der Waals surface area contributed by atoms with Crippen molar-refractivity contribution in [1.29, 1.82) is 0 Å². The van der Waals surface area contributed by atoms with Crippen LogP contribution >= 0.6 is 0 Å². The van der Waals surface area contributed by atoms with Gasteiger partial charge < -0.3 is 29.4 Å². The molecule has 0 spiro atoms. The van der Waals surface area contributed by atoms with Crippen molar-refractivity contribution in [3.8, 4) is 11.5 Å². The van der Waals surface area contributed by atoms with Gasteiger partial charge in [0, 0.05) is 29.5 Å². The van der Waals surface area contributed by atoms with Crippen molar-refractivity contribution >= 4 is 17.7 Å². The van der Waals surface area contributed by atoms with Gasteiger partial charge in [0.25, 0.3) is 0 Å². The molecule has 0 saturated heterocycles. The summed E-state index contributed by atoms with van der Waals surface area (Å²) in [6.45, 7) is 6.17. The minimum Gasteiger partial charge on any atom is -0.504 e. The van der Waals surface area contributed by atoms with E-state index in [-0.39, 0.29) is 36.2 Å². The van der Waals surface area contributed by atoms with Crippen molar-refractivity contribution in [3.05, 3.63) is 46.3 Å². The van der Waals surface area contributed by atoms with Crippen molar-refractivity contribution in [2.24, 2.45) is 11.8 Å². The van der Waals surface area contributed by atoms with Gasteiger partial charge in [0.15, 0.2) is 17.3 Å². The number of methoxy groups -OCH3 is 2. The summed E-state index contributed by atoms with van der Waals surface area (Å²) >= 11 is 0. The Balaban J connectivity index is 2.11. The molecule has 0 fully saturated rings. The van der Waals surface area contributed by atoms with Crippen molar-refractivity contribution < 1.29 is 38.4 Å². The smallest absolute Gasteiger partial charge is 0.336 e. The molecule has 1 aromatic carbocycles. The van der Waals surface area contributed by atoms with Gasteiger partial charge in [-0.2, -0.15) is 0 Å². The van der Waals surface area contributed by atoms with E-state index < -0.39 is 29.6 Å². The molecule has 184 valence electrons. The first-order valence-electron chi connectivity index (χ1n) is 11.2. The van der Waals surface area contributed by atoms with E-state index in [2.05, 4.69) is 5.32 Å². The number of hydrogen-bond acceptors (Lipinski definition) is 9. The van der Waals surface area contributed by atoms with Gasteiger partial charge in [0.1, 0.15) is 12.5 Å². The van der Waals surface area contributed by atoms with E-state index in [0.29, 0.717) is 35.6 Å². The molecule has 2 aliphatic rings. The average Bonchev–Trinajstić information content (AvgIpc) is 2.80. The molecule has 1 aliphatic heterocycles. The summed E-state index contributed by atoms with van der Waals surface area (Å²) in [5, 5.41) is 13.6. The maximum Gasteiger partial charge on any atom is 0.336 e. The Morgan fingerprint density at radius 2 is 1.94 bits per heavy atom. The molecule has 0 unspecified atom stereocenters. The maximum atomic E-state index is 13.7. The van der Waals surface area contributed by atoms with Crippen molar-refractivity contribution in [1.82, 2.24) is 5.32 Å². The summed E-state index contributed by atoms with van der Waals surface area (Å²) in [6.07, 6.45) is 0.420. The van der Waals surface area contributed by atoms with Crippen LogP contribution in [0.15, 0.2) is 40.7 Å². The van der Waals surface area contributed by atoms with Crippen LogP contribution in [-0.2, 0) is 28.6 Å². The first-order chi connectivity index (χ1) is 16.2. The number of benzene rings is 1. The average molecular weight is 474 g/mol. The highest BCUT2D eigenvalue weighted by atomic mass is 16.6. The molecule has 0 radical (unpaired) electrons. The standard InChI is InChI=1S/C25H31NO8/c1-6-33-9-10-34-25(30)20-14(3)26-16-11-13(2)19(24(29)32-5)23(28)22(16)21(20)15-7-8-18(31-4)17(27)12-15/h7-8,12-13,19,21,26-27H,6,9-11H2,1-5H3/t13-,19+,21+/m1/s1. The Kier molecular flexibility index (Phi) is 7.98. The van der Waals surface area contributed by atoms with E-state index in [1.165, 1.54) is 20.3 Å². The lowest BCUT2D eigenvalue weighted by atomic mass is 9.69. The molecule has 9 nitrogen and oxygen atoms in total. The lowest BCUT2D eigenvalue weighted by Crippen LogP contribution is -2.43. The number of nitrogens with one attached hydrogen (secondary N) is 1. The van der Waals surface area contributed by atoms with Crippen LogP contribution in [0.25, 0.3) is 0 Å². The minimum atomic E-state index is -0.992. The van der Waals surface area contributed by atoms with Gasteiger partial charge in [-0.05, 0) is 43.9 Å². The van der Waals surface area contributed by atoms with Crippen LogP contribution in [-0.4, -0.2) is 56.9 Å². The van der Waals surface area contributed by atoms with Gasteiger partial charge in [-0.15, -0.1) is 0 Å². The van der Waals surface area contributed by atoms with Gasteiger partial charge in [-0.1, -0.05) is 13.0 Å². The lowest BCUT2D eigenvalue weighted by molar-refractivity contribution is -0.151. The van der Waals surface area contributed by atoms with Gasteiger partial charge in [0.05, 0.1) is 26.4 Å².